The molecule has 0 spiro atoms. The first kappa shape index (κ1) is 22.1. The van der Waals surface area contributed by atoms with E-state index in [1.807, 2.05) is 0 Å². The summed E-state index contributed by atoms with van der Waals surface area (Å²) in [6, 6.07) is 8.83. The van der Waals surface area contributed by atoms with Crippen LogP contribution in [0.3, 0.4) is 0 Å². The molecule has 1 saturated heterocycles. The second-order valence-corrected chi connectivity index (χ2v) is 7.14. The van der Waals surface area contributed by atoms with Crippen LogP contribution in [0.15, 0.2) is 24.3 Å². The van der Waals surface area contributed by atoms with Gasteiger partial charge in [-0.1, -0.05) is 18.6 Å². The fraction of sp³-hybridized carbons (Fsp3) is 0.632. The Morgan fingerprint density at radius 1 is 1.24 bits per heavy atom. The van der Waals surface area contributed by atoms with Crippen LogP contribution < -0.4 is 16.0 Å². The van der Waals surface area contributed by atoms with Gasteiger partial charge in [-0.05, 0) is 56.2 Å². The van der Waals surface area contributed by atoms with Gasteiger partial charge in [0.25, 0.3) is 0 Å². The molecule has 1 aromatic carbocycles. The van der Waals surface area contributed by atoms with E-state index in [-0.39, 0.29) is 42.8 Å². The lowest BCUT2D eigenvalue weighted by atomic mass is 9.99. The highest BCUT2D eigenvalue weighted by molar-refractivity contribution is 5.85. The topological polar surface area (TPSA) is 58.4 Å². The lowest BCUT2D eigenvalue weighted by Gasteiger charge is -2.21. The molecule has 25 heavy (non-hydrogen) atoms. The van der Waals surface area contributed by atoms with Crippen LogP contribution in [0, 0.1) is 5.92 Å². The number of rotatable bonds is 5. The molecule has 1 unspecified atom stereocenters. The molecule has 0 aromatic heterocycles. The highest BCUT2D eigenvalue weighted by Crippen LogP contribution is 2.27. The minimum Gasteiger partial charge on any atom is -0.372 e. The zero-order valence-electron chi connectivity index (χ0n) is 14.9. The summed E-state index contributed by atoms with van der Waals surface area (Å²) in [5.74, 6) is 0.490. The van der Waals surface area contributed by atoms with E-state index >= 15 is 0 Å². The molecule has 3 N–H and O–H groups in total. The van der Waals surface area contributed by atoms with Crippen LogP contribution in [0.5, 0.6) is 0 Å². The van der Waals surface area contributed by atoms with Crippen LogP contribution in [0.2, 0.25) is 0 Å². The summed E-state index contributed by atoms with van der Waals surface area (Å²) < 4.78 is 0. The van der Waals surface area contributed by atoms with Crippen molar-refractivity contribution in [1.82, 2.24) is 5.32 Å². The molecule has 1 amide bonds. The van der Waals surface area contributed by atoms with Gasteiger partial charge >= 0.3 is 0 Å². The number of nitrogens with one attached hydrogen (secondary N) is 1. The maximum absolute atomic E-state index is 12.3. The minimum absolute atomic E-state index is 0. The summed E-state index contributed by atoms with van der Waals surface area (Å²) in [5, 5.41) is 3.15. The van der Waals surface area contributed by atoms with Crippen molar-refractivity contribution < 1.29 is 4.79 Å². The van der Waals surface area contributed by atoms with Crippen LogP contribution in [-0.4, -0.2) is 25.0 Å². The van der Waals surface area contributed by atoms with Crippen LogP contribution in [-0.2, 0) is 4.79 Å². The predicted octanol–water partition coefficient (Wildman–Crippen LogP) is 3.83. The Bertz CT molecular complexity index is 549. The van der Waals surface area contributed by atoms with Crippen molar-refractivity contribution in [3.63, 3.8) is 0 Å². The van der Waals surface area contributed by atoms with Crippen LogP contribution >= 0.6 is 24.8 Å². The Morgan fingerprint density at radius 2 is 1.96 bits per heavy atom. The van der Waals surface area contributed by atoms with Gasteiger partial charge < -0.3 is 16.0 Å². The van der Waals surface area contributed by atoms with E-state index in [2.05, 4.69) is 41.4 Å². The number of hydrogen-bond acceptors (Lipinski definition) is 3. The van der Waals surface area contributed by atoms with Gasteiger partial charge in [-0.15, -0.1) is 24.8 Å². The van der Waals surface area contributed by atoms with Gasteiger partial charge in [0, 0.05) is 31.2 Å². The summed E-state index contributed by atoms with van der Waals surface area (Å²) in [6.07, 6.45) is 6.43. The third-order valence-electron chi connectivity index (χ3n) is 5.38. The molecule has 1 heterocycles. The number of anilines is 1. The highest BCUT2D eigenvalue weighted by atomic mass is 35.5. The van der Waals surface area contributed by atoms with E-state index in [0.29, 0.717) is 12.3 Å². The molecule has 3 rings (SSSR count). The van der Waals surface area contributed by atoms with Gasteiger partial charge in [-0.25, -0.2) is 0 Å². The normalized spacial score (nSPS) is 23.5. The molecule has 2 aliphatic rings. The van der Waals surface area contributed by atoms with E-state index in [9.17, 15) is 4.79 Å². The quantitative estimate of drug-likeness (QED) is 0.806. The lowest BCUT2D eigenvalue weighted by Crippen LogP contribution is -2.33. The molecule has 1 aromatic rings. The fourth-order valence-corrected chi connectivity index (χ4v) is 3.91. The minimum atomic E-state index is 0. The van der Waals surface area contributed by atoms with E-state index in [1.54, 1.807) is 0 Å². The summed E-state index contributed by atoms with van der Waals surface area (Å²) in [5.41, 5.74) is 8.53. The second kappa shape index (κ2) is 10.2. The second-order valence-electron chi connectivity index (χ2n) is 7.14. The maximum atomic E-state index is 12.3. The van der Waals surface area contributed by atoms with Crippen molar-refractivity contribution >= 4 is 36.4 Å². The Hall–Kier alpha value is -0.970. The first-order valence-corrected chi connectivity index (χ1v) is 9.03. The van der Waals surface area contributed by atoms with Crippen molar-refractivity contribution in [3.05, 3.63) is 29.8 Å². The van der Waals surface area contributed by atoms with Crippen molar-refractivity contribution in [2.24, 2.45) is 11.7 Å². The number of benzene rings is 1. The lowest BCUT2D eigenvalue weighted by molar-refractivity contribution is -0.122. The Balaban J connectivity index is 0.00000156. The number of carbonyl (C=O) groups excluding carboxylic acids is 1. The van der Waals surface area contributed by atoms with Gasteiger partial charge in [-0.3, -0.25) is 4.79 Å². The zero-order valence-corrected chi connectivity index (χ0v) is 16.6. The third-order valence-corrected chi connectivity index (χ3v) is 5.38. The van der Waals surface area contributed by atoms with Crippen LogP contribution in [0.1, 0.15) is 57.1 Å². The molecule has 0 bridgehead atoms. The number of halogens is 2. The van der Waals surface area contributed by atoms with E-state index < -0.39 is 0 Å². The maximum Gasteiger partial charge on any atom is 0.220 e. The number of hydrogen-bond donors (Lipinski definition) is 2. The van der Waals surface area contributed by atoms with Crippen molar-refractivity contribution in [2.75, 3.05) is 18.0 Å². The van der Waals surface area contributed by atoms with Crippen LogP contribution in [0.25, 0.3) is 0 Å². The van der Waals surface area contributed by atoms with E-state index in [4.69, 9.17) is 5.73 Å². The Labute approximate surface area is 163 Å². The van der Waals surface area contributed by atoms with Crippen molar-refractivity contribution in [3.8, 4) is 0 Å². The van der Waals surface area contributed by atoms with Gasteiger partial charge in [0.05, 0.1) is 6.04 Å². The summed E-state index contributed by atoms with van der Waals surface area (Å²) in [6.45, 7) is 4.35. The summed E-state index contributed by atoms with van der Waals surface area (Å²) in [4.78, 5) is 14.7. The van der Waals surface area contributed by atoms with Crippen molar-refractivity contribution in [2.45, 2.75) is 57.5 Å². The fourth-order valence-electron chi connectivity index (χ4n) is 3.91. The molecule has 1 aliphatic heterocycles. The van der Waals surface area contributed by atoms with Gasteiger partial charge in [0.1, 0.15) is 0 Å². The summed E-state index contributed by atoms with van der Waals surface area (Å²) >= 11 is 0. The number of amides is 1. The monoisotopic (exact) mass is 387 g/mol. The molecule has 142 valence electrons. The average molecular weight is 388 g/mol. The molecule has 2 fully saturated rings. The Kier molecular flexibility index (Phi) is 9.04. The van der Waals surface area contributed by atoms with Crippen LogP contribution in [0.4, 0.5) is 5.69 Å². The third kappa shape index (κ3) is 5.77. The van der Waals surface area contributed by atoms with E-state index in [1.165, 1.54) is 24.1 Å². The molecule has 1 aliphatic carbocycles. The number of nitrogens with two attached hydrogens (primary N) is 1. The molecule has 3 atom stereocenters. The highest BCUT2D eigenvalue weighted by Gasteiger charge is 2.26. The molecule has 1 saturated carbocycles. The van der Waals surface area contributed by atoms with Gasteiger partial charge in [-0.2, -0.15) is 0 Å². The largest absolute Gasteiger partial charge is 0.372 e. The van der Waals surface area contributed by atoms with E-state index in [0.717, 1.165) is 32.4 Å². The smallest absolute Gasteiger partial charge is 0.220 e. The molecular weight excluding hydrogens is 357 g/mol. The molecule has 6 heteroatoms. The first-order valence-electron chi connectivity index (χ1n) is 9.03. The first-order chi connectivity index (χ1) is 11.1. The zero-order chi connectivity index (χ0) is 16.2. The summed E-state index contributed by atoms with van der Waals surface area (Å²) in [7, 11) is 0. The predicted molar refractivity (Wildman–Crippen MR) is 109 cm³/mol. The van der Waals surface area contributed by atoms with Gasteiger partial charge in [0.15, 0.2) is 0 Å². The molecule has 0 radical (unpaired) electrons. The number of carbonyl (C=O) groups is 1. The Morgan fingerprint density at radius 3 is 2.60 bits per heavy atom. The molecule has 4 nitrogen and oxygen atoms in total. The standard InChI is InChI=1S/C19H29N3O.2ClH/c1-14(21-19(23)13-16-7-5-9-18(16)20)15-6-4-8-17(12-15)22-10-2-3-11-22;;/h4,6,8,12,14,16,18H,2-3,5,7,9-11,13,20H2,1H3,(H,21,23);2*1H/t14?,16-,18+;;/m0../s1. The number of nitrogens with zero attached hydrogens (tertiary/aromatic N) is 1. The SMILES string of the molecule is CC(NC(=O)C[C@@H]1CCC[C@H]1N)c1cccc(N2CCCC2)c1.Cl.Cl. The molecular formula is C19H31Cl2N3O. The average Bonchev–Trinajstić information content (AvgIpc) is 3.20. The van der Waals surface area contributed by atoms with Crippen molar-refractivity contribution in [1.29, 1.82) is 0 Å². The van der Waals surface area contributed by atoms with Gasteiger partial charge in [0.2, 0.25) is 5.91 Å².